The van der Waals surface area contributed by atoms with Gasteiger partial charge in [-0.15, -0.1) is 24.2 Å². The number of fused-ring (bicyclic) bond motifs is 1. The number of ether oxygens (including phenoxy) is 2. The third-order valence-corrected chi connectivity index (χ3v) is 6.88. The summed E-state index contributed by atoms with van der Waals surface area (Å²) in [6, 6.07) is 7.52. The highest BCUT2D eigenvalue weighted by Crippen LogP contribution is 2.43. The van der Waals surface area contributed by atoms with Gasteiger partial charge in [0.2, 0.25) is 0 Å². The van der Waals surface area contributed by atoms with Crippen LogP contribution in [0.3, 0.4) is 0 Å². The Morgan fingerprint density at radius 1 is 1.07 bits per heavy atom. The third-order valence-electron chi connectivity index (χ3n) is 5.50. The maximum Gasteiger partial charge on any atom is 0.339 e. The van der Waals surface area contributed by atoms with E-state index in [-0.39, 0.29) is 30.4 Å². The number of halogens is 1. The molecule has 3 rings (SSSR count). The van der Waals surface area contributed by atoms with E-state index < -0.39 is 0 Å². The van der Waals surface area contributed by atoms with Crippen molar-refractivity contribution < 1.29 is 19.1 Å². The molecule has 1 saturated heterocycles. The molecule has 0 spiro atoms. The molecule has 0 unspecified atom stereocenters. The number of carbonyl (C=O) groups is 2. The Bertz CT molecular complexity index is 672. The van der Waals surface area contributed by atoms with Gasteiger partial charge in [0.1, 0.15) is 6.04 Å². The lowest BCUT2D eigenvalue weighted by Crippen LogP contribution is -2.50. The van der Waals surface area contributed by atoms with Crippen molar-refractivity contribution in [3.05, 3.63) is 29.8 Å². The first kappa shape index (κ1) is 23.0. The van der Waals surface area contributed by atoms with Crippen molar-refractivity contribution in [3.8, 4) is 0 Å². The van der Waals surface area contributed by atoms with Gasteiger partial charge in [-0.25, -0.2) is 4.79 Å². The number of rotatable bonds is 6. The van der Waals surface area contributed by atoms with E-state index in [1.54, 1.807) is 11.8 Å². The summed E-state index contributed by atoms with van der Waals surface area (Å²) >= 11 is 1.78. The van der Waals surface area contributed by atoms with Gasteiger partial charge in [-0.1, -0.05) is 12.1 Å². The zero-order valence-electron chi connectivity index (χ0n) is 16.5. The van der Waals surface area contributed by atoms with Crippen LogP contribution in [-0.4, -0.2) is 43.0 Å². The Balaban J connectivity index is 0.00000280. The van der Waals surface area contributed by atoms with Gasteiger partial charge in [0.25, 0.3) is 0 Å². The number of hydrogen-bond donors (Lipinski definition) is 1. The smallest absolute Gasteiger partial charge is 0.339 e. The standard InChI is InChI=1S/C21H29NO4S.ClH/c1-3-25-20(23)17-7-5-6-8-19(17)27-16-10-9-14-13-22-18(12-15(14)11-16)21(24)26-4-2;/h5-8,14-16,18,22H,3-4,9-13H2,1-2H3;1H/t14-,15+,16-,18-;/m0./s1. The first-order valence-corrected chi connectivity index (χ1v) is 10.8. The van der Waals surface area contributed by atoms with Crippen LogP contribution in [-0.2, 0) is 14.3 Å². The molecule has 0 amide bonds. The van der Waals surface area contributed by atoms with Crippen molar-refractivity contribution in [2.75, 3.05) is 19.8 Å². The first-order chi connectivity index (χ1) is 13.1. The normalized spacial score (nSPS) is 26.5. The van der Waals surface area contributed by atoms with Crippen LogP contribution in [0.1, 0.15) is 49.9 Å². The molecular formula is C21H30ClNO4S. The summed E-state index contributed by atoms with van der Waals surface area (Å²) in [4.78, 5) is 25.3. The Morgan fingerprint density at radius 3 is 2.57 bits per heavy atom. The minimum Gasteiger partial charge on any atom is -0.465 e. The molecule has 1 heterocycles. The summed E-state index contributed by atoms with van der Waals surface area (Å²) in [5, 5.41) is 3.82. The van der Waals surface area contributed by atoms with Crippen molar-refractivity contribution in [1.29, 1.82) is 0 Å². The molecule has 28 heavy (non-hydrogen) atoms. The largest absolute Gasteiger partial charge is 0.465 e. The summed E-state index contributed by atoms with van der Waals surface area (Å²) in [5.41, 5.74) is 0.654. The predicted molar refractivity (Wildman–Crippen MR) is 113 cm³/mol. The number of nitrogens with one attached hydrogen (secondary N) is 1. The minimum absolute atomic E-state index is 0. The van der Waals surface area contributed by atoms with Gasteiger partial charge in [0.05, 0.1) is 18.8 Å². The fourth-order valence-electron chi connectivity index (χ4n) is 4.18. The van der Waals surface area contributed by atoms with Crippen LogP contribution in [0.4, 0.5) is 0 Å². The van der Waals surface area contributed by atoms with E-state index in [0.29, 0.717) is 35.9 Å². The highest BCUT2D eigenvalue weighted by atomic mass is 35.5. The van der Waals surface area contributed by atoms with Crippen LogP contribution in [0, 0.1) is 11.8 Å². The number of hydrogen-bond acceptors (Lipinski definition) is 6. The summed E-state index contributed by atoms with van der Waals surface area (Å²) < 4.78 is 10.4. The molecule has 156 valence electrons. The molecule has 4 atom stereocenters. The number of carbonyl (C=O) groups excluding carboxylic acids is 2. The zero-order chi connectivity index (χ0) is 19.2. The van der Waals surface area contributed by atoms with E-state index in [4.69, 9.17) is 9.47 Å². The van der Waals surface area contributed by atoms with E-state index in [0.717, 1.165) is 37.1 Å². The lowest BCUT2D eigenvalue weighted by Gasteiger charge is -2.41. The molecule has 1 aromatic carbocycles. The van der Waals surface area contributed by atoms with Gasteiger partial charge in [-0.05, 0) is 70.0 Å². The molecule has 0 radical (unpaired) electrons. The van der Waals surface area contributed by atoms with Crippen LogP contribution in [0.25, 0.3) is 0 Å². The summed E-state index contributed by atoms with van der Waals surface area (Å²) in [7, 11) is 0. The molecule has 1 aromatic rings. The molecule has 5 nitrogen and oxygen atoms in total. The second-order valence-electron chi connectivity index (χ2n) is 7.24. The lowest BCUT2D eigenvalue weighted by molar-refractivity contribution is -0.147. The highest BCUT2D eigenvalue weighted by molar-refractivity contribution is 8.00. The van der Waals surface area contributed by atoms with Gasteiger partial charge in [-0.2, -0.15) is 0 Å². The molecule has 1 aliphatic carbocycles. The summed E-state index contributed by atoms with van der Waals surface area (Å²) in [6.07, 6.45) is 4.21. The SMILES string of the molecule is CCOC(=O)c1ccccc1S[C@H]1CC[C@H]2CN[C@H](C(=O)OCC)C[C@H]2C1.Cl. The number of benzene rings is 1. The molecule has 0 aromatic heterocycles. The van der Waals surface area contributed by atoms with Crippen molar-refractivity contribution in [2.24, 2.45) is 11.8 Å². The minimum atomic E-state index is -0.251. The van der Waals surface area contributed by atoms with Crippen molar-refractivity contribution in [1.82, 2.24) is 5.32 Å². The maximum absolute atomic E-state index is 12.2. The topological polar surface area (TPSA) is 64.6 Å². The van der Waals surface area contributed by atoms with E-state index in [1.807, 2.05) is 38.1 Å². The predicted octanol–water partition coefficient (Wildman–Crippen LogP) is 4.09. The van der Waals surface area contributed by atoms with Gasteiger partial charge < -0.3 is 14.8 Å². The number of thioether (sulfide) groups is 1. The van der Waals surface area contributed by atoms with E-state index in [9.17, 15) is 9.59 Å². The Labute approximate surface area is 177 Å². The second-order valence-corrected chi connectivity index (χ2v) is 8.58. The number of esters is 2. The molecule has 1 saturated carbocycles. The van der Waals surface area contributed by atoms with E-state index >= 15 is 0 Å². The van der Waals surface area contributed by atoms with E-state index in [1.165, 1.54) is 0 Å². The second kappa shape index (κ2) is 11.1. The van der Waals surface area contributed by atoms with Gasteiger partial charge >= 0.3 is 11.9 Å². The molecule has 1 N–H and O–H groups in total. The molecule has 1 aliphatic heterocycles. The summed E-state index contributed by atoms with van der Waals surface area (Å²) in [6.45, 7) is 5.37. The Morgan fingerprint density at radius 2 is 1.82 bits per heavy atom. The monoisotopic (exact) mass is 427 g/mol. The van der Waals surface area contributed by atoms with Crippen LogP contribution in [0.2, 0.25) is 0 Å². The Kier molecular flexibility index (Phi) is 9.12. The van der Waals surface area contributed by atoms with Crippen molar-refractivity contribution >= 4 is 36.1 Å². The molecular weight excluding hydrogens is 398 g/mol. The van der Waals surface area contributed by atoms with Crippen LogP contribution < -0.4 is 5.32 Å². The maximum atomic E-state index is 12.2. The first-order valence-electron chi connectivity index (χ1n) is 9.95. The van der Waals surface area contributed by atoms with E-state index in [2.05, 4.69) is 5.32 Å². The fraction of sp³-hybridized carbons (Fsp3) is 0.619. The lowest BCUT2D eigenvalue weighted by atomic mass is 9.73. The average molecular weight is 428 g/mol. The third kappa shape index (κ3) is 5.65. The fourth-order valence-corrected chi connectivity index (χ4v) is 5.57. The molecule has 0 bridgehead atoms. The van der Waals surface area contributed by atoms with Gasteiger partial charge in [-0.3, -0.25) is 4.79 Å². The highest BCUT2D eigenvalue weighted by Gasteiger charge is 2.38. The zero-order valence-corrected chi connectivity index (χ0v) is 18.2. The Hall–Kier alpha value is -1.24. The summed E-state index contributed by atoms with van der Waals surface area (Å²) in [5.74, 6) is 0.784. The van der Waals surface area contributed by atoms with Crippen LogP contribution >= 0.6 is 24.2 Å². The van der Waals surface area contributed by atoms with Gasteiger partial charge in [0, 0.05) is 10.1 Å². The molecule has 2 fully saturated rings. The molecule has 7 heteroatoms. The molecule has 2 aliphatic rings. The van der Waals surface area contributed by atoms with Crippen molar-refractivity contribution in [2.45, 2.75) is 55.7 Å². The van der Waals surface area contributed by atoms with Crippen LogP contribution in [0.15, 0.2) is 29.2 Å². The van der Waals surface area contributed by atoms with Crippen LogP contribution in [0.5, 0.6) is 0 Å². The average Bonchev–Trinajstić information content (AvgIpc) is 2.68. The van der Waals surface area contributed by atoms with Gasteiger partial charge in [0.15, 0.2) is 0 Å². The van der Waals surface area contributed by atoms with Crippen molar-refractivity contribution in [3.63, 3.8) is 0 Å². The number of piperidine rings is 1. The quantitative estimate of drug-likeness (QED) is 0.690.